The van der Waals surface area contributed by atoms with E-state index in [4.69, 9.17) is 9.47 Å². The van der Waals surface area contributed by atoms with Gasteiger partial charge in [0.15, 0.2) is 0 Å². The van der Waals surface area contributed by atoms with Crippen molar-refractivity contribution in [2.24, 2.45) is 0 Å². The van der Waals surface area contributed by atoms with Crippen molar-refractivity contribution >= 4 is 57.0 Å². The zero-order valence-electron chi connectivity index (χ0n) is 32.3. The Hall–Kier alpha value is -5.78. The predicted octanol–water partition coefficient (Wildman–Crippen LogP) is 9.23. The van der Waals surface area contributed by atoms with Gasteiger partial charge in [-0.15, -0.1) is 0 Å². The number of hydrogen-bond donors (Lipinski definition) is 0. The van der Waals surface area contributed by atoms with Gasteiger partial charge in [0, 0.05) is 23.3 Å². The maximum atomic E-state index is 6.21. The Bertz CT molecular complexity index is 2170. The quantitative estimate of drug-likeness (QED) is 0.122. The van der Waals surface area contributed by atoms with Gasteiger partial charge in [0.25, 0.3) is 0 Å². The van der Waals surface area contributed by atoms with Crippen molar-refractivity contribution in [1.82, 2.24) is 0 Å². The van der Waals surface area contributed by atoms with E-state index in [1.54, 1.807) is 14.2 Å². The Morgan fingerprint density at radius 3 is 0.714 bits per heavy atom. The van der Waals surface area contributed by atoms with Crippen LogP contribution in [0.3, 0.4) is 0 Å². The third-order valence-electron chi connectivity index (χ3n) is 10.9. The molecule has 2 nitrogen and oxygen atoms in total. The standard InChI is InChI=1S/C52H46O2P2/c1-39-35-41(53-3)37-49(55(43-23-11-5-12-24-43,44-25-13-6-14-26-44)45-27-15-7-16-28-45)51(39)52-40(2)36-42(54-4)38-50(52)56(46-29-17-8-18-30-46,47-31-19-9-20-32-47)48-33-21-10-22-34-48/h5-38H,1-4H3/q+2. The highest BCUT2D eigenvalue weighted by Crippen LogP contribution is 2.60. The van der Waals surface area contributed by atoms with Gasteiger partial charge in [0.2, 0.25) is 0 Å². The molecule has 0 aliphatic carbocycles. The highest BCUT2D eigenvalue weighted by molar-refractivity contribution is 8.02. The fourth-order valence-corrected chi connectivity index (χ4v) is 17.6. The van der Waals surface area contributed by atoms with Crippen LogP contribution in [-0.4, -0.2) is 14.2 Å². The third kappa shape index (κ3) is 6.34. The average molecular weight is 765 g/mol. The second-order valence-electron chi connectivity index (χ2n) is 14.0. The summed E-state index contributed by atoms with van der Waals surface area (Å²) in [5.74, 6) is 1.69. The highest BCUT2D eigenvalue weighted by atomic mass is 31.2. The van der Waals surface area contributed by atoms with Crippen LogP contribution in [0.5, 0.6) is 11.5 Å². The Morgan fingerprint density at radius 2 is 0.518 bits per heavy atom. The molecule has 8 aromatic rings. The molecule has 274 valence electrons. The van der Waals surface area contributed by atoms with Crippen molar-refractivity contribution in [3.05, 3.63) is 217 Å². The first-order valence-corrected chi connectivity index (χ1v) is 22.6. The smallest absolute Gasteiger partial charge is 0.145 e. The van der Waals surface area contributed by atoms with Crippen molar-refractivity contribution in [2.45, 2.75) is 13.8 Å². The lowest BCUT2D eigenvalue weighted by Gasteiger charge is -2.33. The largest absolute Gasteiger partial charge is 0.497 e. The Balaban J connectivity index is 1.63. The summed E-state index contributed by atoms with van der Waals surface area (Å²) in [5.41, 5.74) is 4.79. The molecule has 0 N–H and O–H groups in total. The van der Waals surface area contributed by atoms with E-state index in [-0.39, 0.29) is 0 Å². The molecule has 0 aliphatic rings. The molecule has 0 saturated heterocycles. The SMILES string of the molecule is COc1cc(C)c(-c2c(C)cc(OC)cc2[P+](c2ccccc2)(c2ccccc2)c2ccccc2)c([P+](c2ccccc2)(c2ccccc2)c2ccccc2)c1. The molecule has 0 aliphatic heterocycles. The topological polar surface area (TPSA) is 18.5 Å². The van der Waals surface area contributed by atoms with Crippen molar-refractivity contribution in [3.8, 4) is 22.6 Å². The van der Waals surface area contributed by atoms with Gasteiger partial charge in [-0.3, -0.25) is 0 Å². The molecule has 0 heterocycles. The summed E-state index contributed by atoms with van der Waals surface area (Å²) in [5, 5.41) is 10.2. The Kier molecular flexibility index (Phi) is 10.7. The molecule has 0 radical (unpaired) electrons. The molecule has 4 heteroatoms. The third-order valence-corrected chi connectivity index (χ3v) is 19.5. The monoisotopic (exact) mass is 764 g/mol. The number of methoxy groups -OCH3 is 2. The molecular formula is C52H46O2P2+2. The van der Waals surface area contributed by atoms with E-state index in [2.05, 4.69) is 220 Å². The van der Waals surface area contributed by atoms with Crippen molar-refractivity contribution in [2.75, 3.05) is 14.2 Å². The Morgan fingerprint density at radius 1 is 0.304 bits per heavy atom. The van der Waals surface area contributed by atoms with Gasteiger partial charge in [0.05, 0.1) is 14.2 Å². The van der Waals surface area contributed by atoms with Gasteiger partial charge < -0.3 is 9.47 Å². The number of ether oxygens (including phenoxy) is 2. The summed E-state index contributed by atoms with van der Waals surface area (Å²) in [6.07, 6.45) is 0. The minimum atomic E-state index is -2.60. The van der Waals surface area contributed by atoms with Crippen LogP contribution in [-0.2, 0) is 0 Å². The zero-order chi connectivity index (χ0) is 38.5. The lowest BCUT2D eigenvalue weighted by atomic mass is 9.95. The Labute approximate surface area is 333 Å². The van der Waals surface area contributed by atoms with Crippen LogP contribution >= 0.6 is 14.5 Å². The van der Waals surface area contributed by atoms with E-state index in [0.29, 0.717) is 0 Å². The fraction of sp³-hybridized carbons (Fsp3) is 0.0769. The van der Waals surface area contributed by atoms with Crippen molar-refractivity contribution in [3.63, 3.8) is 0 Å². The van der Waals surface area contributed by atoms with Gasteiger partial charge in [-0.05, 0) is 110 Å². The first-order valence-electron chi connectivity index (χ1n) is 19.0. The summed E-state index contributed by atoms with van der Waals surface area (Å²) >= 11 is 0. The van der Waals surface area contributed by atoms with Crippen molar-refractivity contribution < 1.29 is 9.47 Å². The summed E-state index contributed by atoms with van der Waals surface area (Å²) in [7, 11) is -1.63. The molecule has 0 fully saturated rings. The second kappa shape index (κ2) is 16.1. The second-order valence-corrected chi connectivity index (χ2v) is 20.8. The van der Waals surface area contributed by atoms with Crippen LogP contribution in [0.2, 0.25) is 0 Å². The van der Waals surface area contributed by atoms with Crippen LogP contribution in [0.25, 0.3) is 11.1 Å². The van der Waals surface area contributed by atoms with E-state index in [1.165, 1.54) is 53.6 Å². The summed E-state index contributed by atoms with van der Waals surface area (Å²) in [4.78, 5) is 0. The first-order chi connectivity index (χ1) is 27.5. The normalized spacial score (nSPS) is 11.6. The lowest BCUT2D eigenvalue weighted by Crippen LogP contribution is -2.42. The molecule has 0 amide bonds. The summed E-state index contributed by atoms with van der Waals surface area (Å²) in [6, 6.07) is 75.9. The van der Waals surface area contributed by atoms with E-state index in [9.17, 15) is 0 Å². The molecule has 8 rings (SSSR count). The maximum Gasteiger partial charge on any atom is 0.145 e. The molecule has 0 unspecified atom stereocenters. The maximum absolute atomic E-state index is 6.21. The number of aryl methyl sites for hydroxylation is 2. The zero-order valence-corrected chi connectivity index (χ0v) is 34.1. The average Bonchev–Trinajstić information content (AvgIpc) is 3.27. The van der Waals surface area contributed by atoms with Gasteiger partial charge in [-0.25, -0.2) is 0 Å². The lowest BCUT2D eigenvalue weighted by molar-refractivity contribution is 0.414. The van der Waals surface area contributed by atoms with E-state index in [0.717, 1.165) is 22.6 Å². The molecule has 0 spiro atoms. The fourth-order valence-electron chi connectivity index (χ4n) is 8.53. The number of benzene rings is 8. The molecule has 0 atom stereocenters. The van der Waals surface area contributed by atoms with Crippen LogP contribution in [0.15, 0.2) is 206 Å². The molecule has 0 bridgehead atoms. The van der Waals surface area contributed by atoms with E-state index < -0.39 is 14.5 Å². The molecule has 0 aromatic heterocycles. The number of rotatable bonds is 11. The highest BCUT2D eigenvalue weighted by Gasteiger charge is 2.54. The molecular weight excluding hydrogens is 719 g/mol. The summed E-state index contributed by atoms with van der Waals surface area (Å²) < 4.78 is 12.4. The van der Waals surface area contributed by atoms with Crippen LogP contribution < -0.4 is 51.9 Å². The van der Waals surface area contributed by atoms with Crippen LogP contribution in [0.1, 0.15) is 11.1 Å². The minimum absolute atomic E-state index is 0.844. The van der Waals surface area contributed by atoms with Gasteiger partial charge in [-0.1, -0.05) is 109 Å². The van der Waals surface area contributed by atoms with E-state index in [1.807, 2.05) is 0 Å². The summed E-state index contributed by atoms with van der Waals surface area (Å²) in [6.45, 7) is 4.52. The minimum Gasteiger partial charge on any atom is -0.497 e. The number of hydrogen-bond acceptors (Lipinski definition) is 2. The van der Waals surface area contributed by atoms with Gasteiger partial charge in [-0.2, -0.15) is 0 Å². The van der Waals surface area contributed by atoms with Crippen molar-refractivity contribution in [1.29, 1.82) is 0 Å². The molecule has 0 saturated carbocycles. The van der Waals surface area contributed by atoms with E-state index >= 15 is 0 Å². The van der Waals surface area contributed by atoms with Gasteiger partial charge >= 0.3 is 0 Å². The van der Waals surface area contributed by atoms with Crippen LogP contribution in [0, 0.1) is 13.8 Å². The predicted molar refractivity (Wildman–Crippen MR) is 244 cm³/mol. The van der Waals surface area contributed by atoms with Gasteiger partial charge in [0.1, 0.15) is 68.5 Å². The van der Waals surface area contributed by atoms with Crippen LogP contribution in [0.4, 0.5) is 0 Å². The molecule has 56 heavy (non-hydrogen) atoms. The molecule has 8 aromatic carbocycles. The first kappa shape index (κ1) is 37.2.